The van der Waals surface area contributed by atoms with E-state index in [1.807, 2.05) is 22.6 Å². The number of aromatic nitrogens is 2. The highest BCUT2D eigenvalue weighted by Crippen LogP contribution is 2.37. The lowest BCUT2D eigenvalue weighted by Gasteiger charge is -2.36. The van der Waals surface area contributed by atoms with Crippen LogP contribution in [0.1, 0.15) is 22.4 Å². The van der Waals surface area contributed by atoms with Gasteiger partial charge >= 0.3 is 12.2 Å². The Hall–Kier alpha value is -3.54. The normalized spacial score (nSPS) is 13.0. The second-order valence-electron chi connectivity index (χ2n) is 7.97. The molecule has 36 heavy (non-hydrogen) atoms. The van der Waals surface area contributed by atoms with Gasteiger partial charge in [-0.15, -0.1) is 0 Å². The van der Waals surface area contributed by atoms with Crippen molar-refractivity contribution in [2.24, 2.45) is 0 Å². The predicted molar refractivity (Wildman–Crippen MR) is 136 cm³/mol. The zero-order chi connectivity index (χ0) is 25.8. The van der Waals surface area contributed by atoms with Crippen LogP contribution < -0.4 is 10.6 Å². The van der Waals surface area contributed by atoms with Crippen LogP contribution in [0.4, 0.5) is 28.0 Å². The minimum atomic E-state index is -4.80. The van der Waals surface area contributed by atoms with Gasteiger partial charge in [0.2, 0.25) is 0 Å². The molecule has 4 aromatic rings. The van der Waals surface area contributed by atoms with Crippen LogP contribution in [0.2, 0.25) is 0 Å². The third kappa shape index (κ3) is 5.99. The van der Waals surface area contributed by atoms with Crippen molar-refractivity contribution >= 4 is 34.3 Å². The van der Waals surface area contributed by atoms with Gasteiger partial charge in [0.05, 0.1) is 11.3 Å². The lowest BCUT2D eigenvalue weighted by Crippen LogP contribution is -2.50. The number of anilines is 1. The molecule has 0 unspecified atom stereocenters. The maximum Gasteiger partial charge on any atom is 0.416 e. The minimum Gasteiger partial charge on any atom is -0.322 e. The van der Waals surface area contributed by atoms with Crippen molar-refractivity contribution < 1.29 is 22.4 Å². The molecule has 184 valence electrons. The monoisotopic (exact) mass is 606 g/mol. The number of urea groups is 1. The third-order valence-corrected chi connectivity index (χ3v) is 6.10. The molecule has 0 fully saturated rings. The second kappa shape index (κ2) is 10.6. The number of benzene rings is 2. The van der Waals surface area contributed by atoms with Gasteiger partial charge in [0.15, 0.2) is 0 Å². The fourth-order valence-electron chi connectivity index (χ4n) is 3.84. The van der Waals surface area contributed by atoms with E-state index in [4.69, 9.17) is 0 Å². The van der Waals surface area contributed by atoms with Crippen LogP contribution in [0.3, 0.4) is 0 Å². The molecule has 0 radical (unpaired) electrons. The van der Waals surface area contributed by atoms with Gasteiger partial charge in [0, 0.05) is 34.3 Å². The Morgan fingerprint density at radius 2 is 1.61 bits per heavy atom. The molecule has 1 atom stereocenters. The summed E-state index contributed by atoms with van der Waals surface area (Å²) in [5.74, 6) is -1.08. The van der Waals surface area contributed by atoms with Crippen LogP contribution in [0.15, 0.2) is 91.4 Å². The van der Waals surface area contributed by atoms with Crippen LogP contribution in [0.25, 0.3) is 0 Å². The topological polar surface area (TPSA) is 66.9 Å². The smallest absolute Gasteiger partial charge is 0.322 e. The van der Waals surface area contributed by atoms with Gasteiger partial charge < -0.3 is 10.6 Å². The van der Waals surface area contributed by atoms with Gasteiger partial charge in [-0.2, -0.15) is 13.2 Å². The summed E-state index contributed by atoms with van der Waals surface area (Å²) in [5, 5.41) is 5.47. The maximum atomic E-state index is 14.6. The Labute approximate surface area is 218 Å². The number of hydrogen-bond donors (Lipinski definition) is 2. The summed E-state index contributed by atoms with van der Waals surface area (Å²) in [7, 11) is 0. The molecule has 2 N–H and O–H groups in total. The SMILES string of the molecule is O=C(Nc1ccncc1)N[C@](Cc1ccccc1)(c1cc(F)cc(C(F)(F)F)c1)c1ccc(I)cn1. The van der Waals surface area contributed by atoms with Crippen molar-refractivity contribution in [1.82, 2.24) is 15.3 Å². The number of nitrogens with one attached hydrogen (secondary N) is 2. The lowest BCUT2D eigenvalue weighted by atomic mass is 9.80. The molecule has 2 aromatic carbocycles. The van der Waals surface area contributed by atoms with E-state index in [0.717, 1.165) is 15.7 Å². The number of rotatable bonds is 6. The van der Waals surface area contributed by atoms with Crippen LogP contribution in [0.5, 0.6) is 0 Å². The largest absolute Gasteiger partial charge is 0.416 e. The molecule has 0 aliphatic carbocycles. The van der Waals surface area contributed by atoms with Gasteiger partial charge in [-0.1, -0.05) is 30.3 Å². The summed E-state index contributed by atoms with van der Waals surface area (Å²) in [6.45, 7) is 0. The van der Waals surface area contributed by atoms with Crippen molar-refractivity contribution in [1.29, 1.82) is 0 Å². The highest BCUT2D eigenvalue weighted by Gasteiger charge is 2.41. The number of hydrogen-bond acceptors (Lipinski definition) is 3. The van der Waals surface area contributed by atoms with E-state index in [1.54, 1.807) is 54.6 Å². The minimum absolute atomic E-state index is 0.00590. The van der Waals surface area contributed by atoms with E-state index in [2.05, 4.69) is 20.6 Å². The van der Waals surface area contributed by atoms with Crippen LogP contribution in [0, 0.1) is 9.39 Å². The molecule has 4 rings (SSSR count). The Morgan fingerprint density at radius 3 is 2.25 bits per heavy atom. The van der Waals surface area contributed by atoms with Gasteiger partial charge in [-0.3, -0.25) is 9.97 Å². The number of halogens is 5. The number of nitrogens with zero attached hydrogens (tertiary/aromatic N) is 2. The molecule has 10 heteroatoms. The molecule has 2 amide bonds. The zero-order valence-corrected chi connectivity index (χ0v) is 20.7. The van der Waals surface area contributed by atoms with Crippen LogP contribution >= 0.6 is 22.6 Å². The quantitative estimate of drug-likeness (QED) is 0.194. The molecular formula is C26H19F4IN4O. The van der Waals surface area contributed by atoms with Gasteiger partial charge in [0.25, 0.3) is 0 Å². The van der Waals surface area contributed by atoms with Crippen molar-refractivity contribution in [3.05, 3.63) is 123 Å². The molecule has 0 aliphatic rings. The average molecular weight is 606 g/mol. The van der Waals surface area contributed by atoms with Crippen molar-refractivity contribution in [3.8, 4) is 0 Å². The number of pyridine rings is 2. The Kier molecular flexibility index (Phi) is 7.53. The van der Waals surface area contributed by atoms with E-state index in [-0.39, 0.29) is 17.7 Å². The highest BCUT2D eigenvalue weighted by molar-refractivity contribution is 14.1. The summed E-state index contributed by atoms with van der Waals surface area (Å²) in [5.41, 5.74) is -1.56. The Balaban J connectivity index is 1.91. The van der Waals surface area contributed by atoms with Crippen LogP contribution in [-0.2, 0) is 18.1 Å². The van der Waals surface area contributed by atoms with E-state index >= 15 is 0 Å². The zero-order valence-electron chi connectivity index (χ0n) is 18.6. The first-order valence-corrected chi connectivity index (χ1v) is 11.8. The summed E-state index contributed by atoms with van der Waals surface area (Å²) in [6.07, 6.45) is -0.298. The van der Waals surface area contributed by atoms with E-state index < -0.39 is 29.1 Å². The molecule has 0 bridgehead atoms. The summed E-state index contributed by atoms with van der Waals surface area (Å²) in [4.78, 5) is 21.6. The molecule has 0 aliphatic heterocycles. The molecule has 0 saturated heterocycles. The lowest BCUT2D eigenvalue weighted by molar-refractivity contribution is -0.137. The van der Waals surface area contributed by atoms with E-state index in [0.29, 0.717) is 17.3 Å². The number of alkyl halides is 3. The number of amides is 2. The summed E-state index contributed by atoms with van der Waals surface area (Å²) >= 11 is 2.05. The van der Waals surface area contributed by atoms with Crippen molar-refractivity contribution in [3.63, 3.8) is 0 Å². The van der Waals surface area contributed by atoms with Gasteiger partial charge in [0.1, 0.15) is 11.4 Å². The molecule has 0 saturated carbocycles. The Bertz CT molecular complexity index is 1340. The number of carbonyl (C=O) groups excluding carboxylic acids is 1. The van der Waals surface area contributed by atoms with Gasteiger partial charge in [-0.25, -0.2) is 9.18 Å². The first kappa shape index (κ1) is 25.5. The average Bonchev–Trinajstić information content (AvgIpc) is 2.84. The number of carbonyl (C=O) groups is 1. The Morgan fingerprint density at radius 1 is 0.917 bits per heavy atom. The van der Waals surface area contributed by atoms with Crippen LogP contribution in [-0.4, -0.2) is 16.0 Å². The van der Waals surface area contributed by atoms with Crippen molar-refractivity contribution in [2.75, 3.05) is 5.32 Å². The third-order valence-electron chi connectivity index (χ3n) is 5.46. The van der Waals surface area contributed by atoms with Crippen molar-refractivity contribution in [2.45, 2.75) is 18.1 Å². The summed E-state index contributed by atoms with van der Waals surface area (Å²) in [6, 6.07) is 16.9. The molecule has 5 nitrogen and oxygen atoms in total. The standard InChI is InChI=1S/C26H19F4IN4O/c27-20-13-18(12-19(14-20)26(28,29)30)25(15-17-4-2-1-3-5-17,23-7-6-21(31)16-33-23)35-24(36)34-22-8-10-32-11-9-22/h1-14,16H,15H2,(H2,32,34,35,36)/t25-/m1/s1. The molecular weight excluding hydrogens is 587 g/mol. The molecule has 2 aromatic heterocycles. The van der Waals surface area contributed by atoms with E-state index in [9.17, 15) is 22.4 Å². The molecule has 0 spiro atoms. The van der Waals surface area contributed by atoms with E-state index in [1.165, 1.54) is 18.6 Å². The first-order chi connectivity index (χ1) is 17.2. The predicted octanol–water partition coefficient (Wildman–Crippen LogP) is 6.55. The molecule has 2 heterocycles. The fourth-order valence-corrected chi connectivity index (χ4v) is 4.16. The highest BCUT2D eigenvalue weighted by atomic mass is 127. The maximum absolute atomic E-state index is 14.6. The van der Waals surface area contributed by atoms with Gasteiger partial charge in [-0.05, 0) is 76.2 Å². The second-order valence-corrected chi connectivity index (χ2v) is 9.22. The fraction of sp³-hybridized carbons (Fsp3) is 0.115. The summed E-state index contributed by atoms with van der Waals surface area (Å²) < 4.78 is 56.5. The first-order valence-electron chi connectivity index (χ1n) is 10.7.